The van der Waals surface area contributed by atoms with Crippen molar-refractivity contribution in [3.8, 4) is 0 Å². The van der Waals surface area contributed by atoms with Gasteiger partial charge in [-0.15, -0.1) is 0 Å². The van der Waals surface area contributed by atoms with E-state index in [1.54, 1.807) is 0 Å². The minimum Gasteiger partial charge on any atom is -0.369 e. The molecule has 0 bridgehead atoms. The van der Waals surface area contributed by atoms with Gasteiger partial charge < -0.3 is 10.2 Å². The van der Waals surface area contributed by atoms with E-state index in [0.717, 1.165) is 12.4 Å². The van der Waals surface area contributed by atoms with Gasteiger partial charge in [-0.2, -0.15) is 0 Å². The molecule has 0 aromatic carbocycles. The monoisotopic (exact) mass is 234 g/mol. The summed E-state index contributed by atoms with van der Waals surface area (Å²) >= 11 is 0. The normalized spacial score (nSPS) is 20.1. The molecule has 0 spiro atoms. The molecule has 1 fully saturated rings. The van der Waals surface area contributed by atoms with Gasteiger partial charge in [-0.3, -0.25) is 4.90 Å². The molecule has 0 amide bonds. The van der Waals surface area contributed by atoms with Gasteiger partial charge in [0.25, 0.3) is 0 Å². The van der Waals surface area contributed by atoms with Gasteiger partial charge in [0.05, 0.1) is 0 Å². The lowest BCUT2D eigenvalue weighted by Gasteiger charge is -2.36. The molecule has 1 atom stereocenters. The Morgan fingerprint density at radius 1 is 1.29 bits per heavy atom. The molecule has 1 N–H and O–H groups in total. The van der Waals surface area contributed by atoms with E-state index in [1.807, 2.05) is 24.4 Å². The fraction of sp³-hybridized carbons (Fsp3) is 0.615. The zero-order valence-corrected chi connectivity index (χ0v) is 10.8. The van der Waals surface area contributed by atoms with Crippen molar-refractivity contribution in [1.82, 2.24) is 14.8 Å². The molecular weight excluding hydrogens is 212 g/mol. The molecule has 0 radical (unpaired) electrons. The number of anilines is 1. The van der Waals surface area contributed by atoms with Crippen molar-refractivity contribution >= 4 is 5.82 Å². The van der Waals surface area contributed by atoms with E-state index in [0.29, 0.717) is 6.04 Å². The molecule has 0 aliphatic carbocycles. The molecule has 4 heteroatoms. The number of nitrogens with zero attached hydrogens (tertiary/aromatic N) is 3. The zero-order chi connectivity index (χ0) is 12.1. The Balaban J connectivity index is 1.75. The van der Waals surface area contributed by atoms with Crippen LogP contribution in [0.4, 0.5) is 5.82 Å². The van der Waals surface area contributed by atoms with E-state index in [1.165, 1.54) is 26.2 Å². The van der Waals surface area contributed by atoms with Crippen LogP contribution >= 0.6 is 0 Å². The van der Waals surface area contributed by atoms with Crippen LogP contribution in [-0.2, 0) is 0 Å². The highest BCUT2D eigenvalue weighted by Crippen LogP contribution is 2.06. The number of hydrogen-bond donors (Lipinski definition) is 1. The summed E-state index contributed by atoms with van der Waals surface area (Å²) in [7, 11) is 2.19. The minimum atomic E-state index is 0.561. The summed E-state index contributed by atoms with van der Waals surface area (Å²) in [5.41, 5.74) is 0. The van der Waals surface area contributed by atoms with E-state index in [4.69, 9.17) is 0 Å². The van der Waals surface area contributed by atoms with Gasteiger partial charge in [0.15, 0.2) is 0 Å². The van der Waals surface area contributed by atoms with E-state index >= 15 is 0 Å². The fourth-order valence-electron chi connectivity index (χ4n) is 2.11. The highest BCUT2D eigenvalue weighted by molar-refractivity contribution is 5.33. The summed E-state index contributed by atoms with van der Waals surface area (Å²) in [6.45, 7) is 7.92. The van der Waals surface area contributed by atoms with E-state index in [-0.39, 0.29) is 0 Å². The summed E-state index contributed by atoms with van der Waals surface area (Å²) < 4.78 is 0. The Hall–Kier alpha value is -1.13. The lowest BCUT2D eigenvalue weighted by Crippen LogP contribution is -2.49. The van der Waals surface area contributed by atoms with Gasteiger partial charge in [0.2, 0.25) is 0 Å². The lowest BCUT2D eigenvalue weighted by molar-refractivity contribution is 0.123. The Labute approximate surface area is 104 Å². The van der Waals surface area contributed by atoms with Gasteiger partial charge in [-0.25, -0.2) is 4.98 Å². The van der Waals surface area contributed by atoms with Crippen LogP contribution in [0.1, 0.15) is 6.92 Å². The number of pyridine rings is 1. The highest BCUT2D eigenvalue weighted by Gasteiger charge is 2.18. The summed E-state index contributed by atoms with van der Waals surface area (Å²) in [4.78, 5) is 9.19. The van der Waals surface area contributed by atoms with Crippen molar-refractivity contribution in [2.75, 3.05) is 45.1 Å². The van der Waals surface area contributed by atoms with Crippen molar-refractivity contribution in [1.29, 1.82) is 0 Å². The second-order valence-electron chi connectivity index (χ2n) is 4.78. The number of rotatable bonds is 4. The Morgan fingerprint density at radius 3 is 2.71 bits per heavy atom. The highest BCUT2D eigenvalue weighted by atomic mass is 15.3. The molecule has 1 aliphatic rings. The second kappa shape index (κ2) is 5.98. The van der Waals surface area contributed by atoms with Crippen LogP contribution < -0.4 is 5.32 Å². The molecule has 94 valence electrons. The Kier molecular flexibility index (Phi) is 4.34. The number of piperazine rings is 1. The largest absolute Gasteiger partial charge is 0.369 e. The quantitative estimate of drug-likeness (QED) is 0.846. The van der Waals surface area contributed by atoms with Crippen LogP contribution in [0.5, 0.6) is 0 Å². The predicted molar refractivity (Wildman–Crippen MR) is 71.3 cm³/mol. The maximum Gasteiger partial charge on any atom is 0.125 e. The average Bonchev–Trinajstić information content (AvgIpc) is 2.38. The van der Waals surface area contributed by atoms with Crippen molar-refractivity contribution in [2.24, 2.45) is 0 Å². The van der Waals surface area contributed by atoms with E-state index < -0.39 is 0 Å². The molecular formula is C13H22N4. The molecule has 1 aliphatic heterocycles. The summed E-state index contributed by atoms with van der Waals surface area (Å²) in [5.74, 6) is 0.966. The smallest absolute Gasteiger partial charge is 0.125 e. The van der Waals surface area contributed by atoms with Gasteiger partial charge >= 0.3 is 0 Å². The minimum absolute atomic E-state index is 0.561. The predicted octanol–water partition coefficient (Wildman–Crippen LogP) is 1.13. The third-order valence-corrected chi connectivity index (χ3v) is 3.40. The van der Waals surface area contributed by atoms with Crippen molar-refractivity contribution in [3.63, 3.8) is 0 Å². The SMILES string of the molecule is C[C@@H](CNc1ccccn1)N1CCN(C)CC1. The molecule has 2 heterocycles. The average molecular weight is 234 g/mol. The molecule has 1 aromatic heterocycles. The Morgan fingerprint density at radius 2 is 2.06 bits per heavy atom. The fourth-order valence-corrected chi connectivity index (χ4v) is 2.11. The molecule has 1 aromatic rings. The standard InChI is InChI=1S/C13H22N4/c1-12(17-9-7-16(2)8-10-17)11-15-13-5-3-4-6-14-13/h3-6,12H,7-11H2,1-2H3,(H,14,15)/t12-/m0/s1. The second-order valence-corrected chi connectivity index (χ2v) is 4.78. The lowest BCUT2D eigenvalue weighted by atomic mass is 10.2. The number of hydrogen-bond acceptors (Lipinski definition) is 4. The van der Waals surface area contributed by atoms with Crippen LogP contribution in [0.25, 0.3) is 0 Å². The molecule has 17 heavy (non-hydrogen) atoms. The molecule has 2 rings (SSSR count). The van der Waals surface area contributed by atoms with Gasteiger partial charge in [-0.1, -0.05) is 6.07 Å². The summed E-state index contributed by atoms with van der Waals surface area (Å²) in [6, 6.07) is 6.52. The Bertz CT molecular complexity index is 319. The molecule has 4 nitrogen and oxygen atoms in total. The van der Waals surface area contributed by atoms with Gasteiger partial charge in [-0.05, 0) is 26.1 Å². The van der Waals surface area contributed by atoms with Crippen LogP contribution in [0, 0.1) is 0 Å². The van der Waals surface area contributed by atoms with Crippen molar-refractivity contribution in [2.45, 2.75) is 13.0 Å². The summed E-state index contributed by atoms with van der Waals surface area (Å²) in [6.07, 6.45) is 1.82. The number of likely N-dealkylation sites (N-methyl/N-ethyl adjacent to an activating group) is 1. The van der Waals surface area contributed by atoms with E-state index in [9.17, 15) is 0 Å². The first-order chi connectivity index (χ1) is 8.25. The molecule has 0 unspecified atom stereocenters. The topological polar surface area (TPSA) is 31.4 Å². The third kappa shape index (κ3) is 3.68. The van der Waals surface area contributed by atoms with Crippen LogP contribution in [-0.4, -0.2) is 60.6 Å². The first kappa shape index (κ1) is 12.3. The van der Waals surface area contributed by atoms with Crippen LogP contribution in [0.15, 0.2) is 24.4 Å². The van der Waals surface area contributed by atoms with Gasteiger partial charge in [0, 0.05) is 45.0 Å². The van der Waals surface area contributed by atoms with Gasteiger partial charge in [0.1, 0.15) is 5.82 Å². The first-order valence-electron chi connectivity index (χ1n) is 6.33. The van der Waals surface area contributed by atoms with Crippen molar-refractivity contribution < 1.29 is 0 Å². The van der Waals surface area contributed by atoms with Crippen molar-refractivity contribution in [3.05, 3.63) is 24.4 Å². The molecule has 1 saturated heterocycles. The van der Waals surface area contributed by atoms with E-state index in [2.05, 4.69) is 34.1 Å². The number of aromatic nitrogens is 1. The van der Waals surface area contributed by atoms with Crippen LogP contribution in [0.2, 0.25) is 0 Å². The zero-order valence-electron chi connectivity index (χ0n) is 10.8. The maximum atomic E-state index is 4.27. The summed E-state index contributed by atoms with van der Waals surface area (Å²) in [5, 5.41) is 3.39. The number of nitrogens with one attached hydrogen (secondary N) is 1. The maximum absolute atomic E-state index is 4.27. The van der Waals surface area contributed by atoms with Crippen LogP contribution in [0.3, 0.4) is 0 Å². The molecule has 0 saturated carbocycles. The third-order valence-electron chi connectivity index (χ3n) is 3.40. The first-order valence-corrected chi connectivity index (χ1v) is 6.33.